The zero-order valence-corrected chi connectivity index (χ0v) is 13.4. The molecule has 122 valence electrons. The van der Waals surface area contributed by atoms with Crippen LogP contribution in [0.1, 0.15) is 17.2 Å². The number of benzene rings is 2. The van der Waals surface area contributed by atoms with Gasteiger partial charge >= 0.3 is 0 Å². The summed E-state index contributed by atoms with van der Waals surface area (Å²) in [5.74, 6) is 2.76. The zero-order chi connectivity index (χ0) is 16.4. The van der Waals surface area contributed by atoms with Gasteiger partial charge in [0.05, 0.1) is 27.4 Å². The number of fused-ring (bicyclic) bond motifs is 1. The highest BCUT2D eigenvalue weighted by molar-refractivity contribution is 5.52. The molecule has 0 saturated carbocycles. The van der Waals surface area contributed by atoms with E-state index in [1.54, 1.807) is 27.4 Å². The quantitative estimate of drug-likeness (QED) is 0.940. The second-order valence-corrected chi connectivity index (χ2v) is 5.39. The summed E-state index contributed by atoms with van der Waals surface area (Å²) in [5, 5.41) is 10.5. The Bertz CT molecular complexity index is 681. The average Bonchev–Trinajstić information content (AvgIpc) is 2.60. The van der Waals surface area contributed by atoms with Crippen molar-refractivity contribution in [1.29, 1.82) is 0 Å². The van der Waals surface area contributed by atoms with Gasteiger partial charge in [0, 0.05) is 24.1 Å². The molecule has 3 rings (SSSR count). The van der Waals surface area contributed by atoms with Gasteiger partial charge in [0.25, 0.3) is 0 Å². The highest BCUT2D eigenvalue weighted by atomic mass is 16.5. The van der Waals surface area contributed by atoms with E-state index in [4.69, 9.17) is 18.9 Å². The Morgan fingerprint density at radius 2 is 1.65 bits per heavy atom. The average molecular weight is 316 g/mol. The zero-order valence-electron chi connectivity index (χ0n) is 13.4. The van der Waals surface area contributed by atoms with E-state index in [9.17, 15) is 5.11 Å². The number of hydrogen-bond donors (Lipinski definition) is 1. The van der Waals surface area contributed by atoms with Crippen LogP contribution in [0, 0.1) is 0 Å². The van der Waals surface area contributed by atoms with Crippen molar-refractivity contribution in [3.8, 4) is 23.0 Å². The topological polar surface area (TPSA) is 57.2 Å². The van der Waals surface area contributed by atoms with E-state index in [1.165, 1.54) is 0 Å². The summed E-state index contributed by atoms with van der Waals surface area (Å²) >= 11 is 0. The van der Waals surface area contributed by atoms with Gasteiger partial charge in [-0.2, -0.15) is 0 Å². The molecule has 0 unspecified atom stereocenters. The number of aliphatic hydroxyl groups is 1. The highest BCUT2D eigenvalue weighted by Gasteiger charge is 2.32. The first-order chi connectivity index (χ1) is 11.2. The third kappa shape index (κ3) is 2.92. The van der Waals surface area contributed by atoms with E-state index < -0.39 is 12.2 Å². The smallest absolute Gasteiger partial charge is 0.150 e. The molecular weight excluding hydrogens is 296 g/mol. The minimum Gasteiger partial charge on any atom is -0.497 e. The normalized spacial score (nSPS) is 19.5. The van der Waals surface area contributed by atoms with E-state index in [1.807, 2.05) is 30.3 Å². The molecule has 0 spiro atoms. The summed E-state index contributed by atoms with van der Waals surface area (Å²) in [4.78, 5) is 0. The third-order valence-corrected chi connectivity index (χ3v) is 4.06. The molecule has 0 aliphatic carbocycles. The standard InChI is InChI=1S/C18H20O5/c1-20-12-6-4-11(5-7-12)18-15(19)10-14-16(22-3)8-13(21-2)9-17(14)23-18/h4-9,15,18-19H,10H2,1-3H3/t15-,18+/m0/s1. The van der Waals surface area contributed by atoms with Crippen LogP contribution in [-0.2, 0) is 6.42 Å². The maximum atomic E-state index is 10.5. The van der Waals surface area contributed by atoms with Crippen molar-refractivity contribution < 1.29 is 24.1 Å². The van der Waals surface area contributed by atoms with Crippen molar-refractivity contribution in [1.82, 2.24) is 0 Å². The van der Waals surface area contributed by atoms with E-state index >= 15 is 0 Å². The van der Waals surface area contributed by atoms with Crippen molar-refractivity contribution in [3.63, 3.8) is 0 Å². The molecule has 1 aliphatic rings. The number of hydrogen-bond acceptors (Lipinski definition) is 5. The van der Waals surface area contributed by atoms with Crippen LogP contribution in [0.15, 0.2) is 36.4 Å². The van der Waals surface area contributed by atoms with Gasteiger partial charge in [0.15, 0.2) is 0 Å². The number of rotatable bonds is 4. The molecule has 0 radical (unpaired) electrons. The van der Waals surface area contributed by atoms with Crippen LogP contribution in [0.3, 0.4) is 0 Å². The SMILES string of the molecule is COc1ccc([C@H]2Oc3cc(OC)cc(OC)c3C[C@@H]2O)cc1. The molecule has 0 bridgehead atoms. The summed E-state index contributed by atoms with van der Waals surface area (Å²) in [6.07, 6.45) is -0.637. The Balaban J connectivity index is 1.95. The first-order valence-electron chi connectivity index (χ1n) is 7.40. The van der Waals surface area contributed by atoms with Crippen LogP contribution in [0.4, 0.5) is 0 Å². The van der Waals surface area contributed by atoms with Gasteiger partial charge in [0.2, 0.25) is 0 Å². The molecule has 2 aromatic rings. The molecule has 0 fully saturated rings. The summed E-state index contributed by atoms with van der Waals surface area (Å²) in [6.45, 7) is 0. The third-order valence-electron chi connectivity index (χ3n) is 4.06. The second-order valence-electron chi connectivity index (χ2n) is 5.39. The summed E-state index contributed by atoms with van der Waals surface area (Å²) in [6, 6.07) is 11.1. The van der Waals surface area contributed by atoms with Crippen molar-refractivity contribution in [2.75, 3.05) is 21.3 Å². The fraction of sp³-hybridized carbons (Fsp3) is 0.333. The maximum absolute atomic E-state index is 10.5. The molecule has 0 aromatic heterocycles. The summed E-state index contributed by atoms with van der Waals surface area (Å²) in [5.41, 5.74) is 1.75. The van der Waals surface area contributed by atoms with Crippen LogP contribution in [-0.4, -0.2) is 32.5 Å². The lowest BCUT2D eigenvalue weighted by Crippen LogP contribution is -2.30. The fourth-order valence-corrected chi connectivity index (χ4v) is 2.82. The van der Waals surface area contributed by atoms with Crippen LogP contribution in [0.25, 0.3) is 0 Å². The predicted molar refractivity (Wildman–Crippen MR) is 85.6 cm³/mol. The van der Waals surface area contributed by atoms with Crippen molar-refractivity contribution in [3.05, 3.63) is 47.5 Å². The van der Waals surface area contributed by atoms with Gasteiger partial charge in [-0.1, -0.05) is 12.1 Å². The first-order valence-corrected chi connectivity index (χ1v) is 7.40. The number of ether oxygens (including phenoxy) is 4. The van der Waals surface area contributed by atoms with Gasteiger partial charge in [0.1, 0.15) is 29.1 Å². The lowest BCUT2D eigenvalue weighted by atomic mass is 9.94. The van der Waals surface area contributed by atoms with Gasteiger partial charge in [-0.05, 0) is 17.7 Å². The van der Waals surface area contributed by atoms with Gasteiger partial charge in [-0.25, -0.2) is 0 Å². The van der Waals surface area contributed by atoms with E-state index in [0.29, 0.717) is 23.7 Å². The minimum absolute atomic E-state index is 0.440. The van der Waals surface area contributed by atoms with Crippen LogP contribution >= 0.6 is 0 Å². The van der Waals surface area contributed by atoms with E-state index in [2.05, 4.69) is 0 Å². The van der Waals surface area contributed by atoms with E-state index in [-0.39, 0.29) is 0 Å². The van der Waals surface area contributed by atoms with Crippen LogP contribution < -0.4 is 18.9 Å². The number of aliphatic hydroxyl groups excluding tert-OH is 1. The van der Waals surface area contributed by atoms with Gasteiger partial charge < -0.3 is 24.1 Å². The highest BCUT2D eigenvalue weighted by Crippen LogP contribution is 2.42. The molecule has 1 aliphatic heterocycles. The second kappa shape index (κ2) is 6.38. The molecule has 0 saturated heterocycles. The van der Waals surface area contributed by atoms with Crippen molar-refractivity contribution in [2.24, 2.45) is 0 Å². The molecule has 2 aromatic carbocycles. The van der Waals surface area contributed by atoms with Gasteiger partial charge in [-0.15, -0.1) is 0 Å². The van der Waals surface area contributed by atoms with Gasteiger partial charge in [-0.3, -0.25) is 0 Å². The lowest BCUT2D eigenvalue weighted by Gasteiger charge is -2.32. The fourth-order valence-electron chi connectivity index (χ4n) is 2.82. The Morgan fingerprint density at radius 1 is 0.957 bits per heavy atom. The van der Waals surface area contributed by atoms with Crippen molar-refractivity contribution >= 4 is 0 Å². The van der Waals surface area contributed by atoms with Crippen LogP contribution in [0.2, 0.25) is 0 Å². The first kappa shape index (κ1) is 15.5. The van der Waals surface area contributed by atoms with E-state index in [0.717, 1.165) is 16.9 Å². The summed E-state index contributed by atoms with van der Waals surface area (Å²) in [7, 11) is 4.81. The lowest BCUT2D eigenvalue weighted by molar-refractivity contribution is 0.0198. The molecule has 1 N–H and O–H groups in total. The molecule has 23 heavy (non-hydrogen) atoms. The monoisotopic (exact) mass is 316 g/mol. The molecule has 5 heteroatoms. The Morgan fingerprint density at radius 3 is 2.26 bits per heavy atom. The molecule has 0 amide bonds. The number of methoxy groups -OCH3 is 3. The molecule has 5 nitrogen and oxygen atoms in total. The van der Waals surface area contributed by atoms with Crippen molar-refractivity contribution in [2.45, 2.75) is 18.6 Å². The minimum atomic E-state index is -0.654. The molecular formula is C18H20O5. The van der Waals surface area contributed by atoms with Crippen LogP contribution in [0.5, 0.6) is 23.0 Å². The Labute approximate surface area is 135 Å². The molecule has 2 atom stereocenters. The summed E-state index contributed by atoms with van der Waals surface area (Å²) < 4.78 is 21.9. The molecule has 1 heterocycles. The maximum Gasteiger partial charge on any atom is 0.150 e. The Hall–Kier alpha value is -2.40. The Kier molecular flexibility index (Phi) is 4.30. The largest absolute Gasteiger partial charge is 0.497 e. The predicted octanol–water partition coefficient (Wildman–Crippen LogP) is 2.75.